The number of nitrogens with one attached hydrogen (secondary N) is 1. The van der Waals surface area contributed by atoms with Crippen LogP contribution in [-0.2, 0) is 4.79 Å². The molecular weight excluding hydrogens is 190 g/mol. The zero-order valence-corrected chi connectivity index (χ0v) is 8.61. The molecule has 0 atom stereocenters. The highest BCUT2D eigenvalue weighted by atomic mass is 16.1. The lowest BCUT2D eigenvalue weighted by Crippen LogP contribution is -2.09. The van der Waals surface area contributed by atoms with Crippen molar-refractivity contribution in [2.45, 2.75) is 13.8 Å². The molecule has 0 bridgehead atoms. The van der Waals surface area contributed by atoms with E-state index in [2.05, 4.69) is 10.5 Å². The fourth-order valence-corrected chi connectivity index (χ4v) is 0.931. The van der Waals surface area contributed by atoms with Crippen molar-refractivity contribution >= 4 is 17.2 Å². The van der Waals surface area contributed by atoms with Crippen LogP contribution < -0.4 is 5.43 Å². The first-order valence-electron chi connectivity index (χ1n) is 4.45. The van der Waals surface area contributed by atoms with Gasteiger partial charge in [0.1, 0.15) is 6.07 Å². The first kappa shape index (κ1) is 10.9. The summed E-state index contributed by atoms with van der Waals surface area (Å²) in [6, 6.07) is 9.20. The van der Waals surface area contributed by atoms with E-state index in [4.69, 9.17) is 5.26 Å². The summed E-state index contributed by atoms with van der Waals surface area (Å²) in [6.45, 7) is 3.28. The van der Waals surface area contributed by atoms with Gasteiger partial charge in [0.15, 0.2) is 5.78 Å². The summed E-state index contributed by atoms with van der Waals surface area (Å²) >= 11 is 0. The number of rotatable bonds is 3. The predicted octanol–water partition coefficient (Wildman–Crippen LogP) is 1.88. The standard InChI is InChI=1S/C11H11N3O/c1-8-3-5-10(6-4-8)13-14-11(7-12)9(2)15/h3-6,13H,1-2H3. The van der Waals surface area contributed by atoms with Crippen LogP contribution >= 0.6 is 0 Å². The van der Waals surface area contributed by atoms with Crippen molar-refractivity contribution in [3.05, 3.63) is 29.8 Å². The molecule has 1 rings (SSSR count). The first-order chi connectivity index (χ1) is 7.13. The Morgan fingerprint density at radius 2 is 2.00 bits per heavy atom. The van der Waals surface area contributed by atoms with Crippen molar-refractivity contribution < 1.29 is 4.79 Å². The van der Waals surface area contributed by atoms with Gasteiger partial charge in [-0.2, -0.15) is 10.4 Å². The van der Waals surface area contributed by atoms with Gasteiger partial charge in [0, 0.05) is 6.92 Å². The average Bonchev–Trinajstić information content (AvgIpc) is 2.21. The Bertz CT molecular complexity index is 426. The third kappa shape index (κ3) is 3.24. The maximum absolute atomic E-state index is 10.9. The fraction of sp³-hybridized carbons (Fsp3) is 0.182. The van der Waals surface area contributed by atoms with Crippen molar-refractivity contribution in [1.82, 2.24) is 0 Å². The fourth-order valence-electron chi connectivity index (χ4n) is 0.931. The minimum Gasteiger partial charge on any atom is -0.292 e. The first-order valence-corrected chi connectivity index (χ1v) is 4.45. The number of anilines is 1. The molecule has 0 saturated heterocycles. The van der Waals surface area contributed by atoms with E-state index in [-0.39, 0.29) is 11.5 Å². The Hall–Kier alpha value is -2.15. The molecule has 1 aromatic carbocycles. The van der Waals surface area contributed by atoms with Gasteiger partial charge in [-0.3, -0.25) is 10.2 Å². The topological polar surface area (TPSA) is 65.2 Å². The van der Waals surface area contributed by atoms with Gasteiger partial charge in [-0.15, -0.1) is 0 Å². The number of Topliss-reactive ketones (excluding diaryl/α,β-unsaturated/α-hetero) is 1. The number of carbonyl (C=O) groups is 1. The molecule has 4 nitrogen and oxygen atoms in total. The number of aryl methyl sites for hydroxylation is 1. The number of hydrogen-bond acceptors (Lipinski definition) is 4. The van der Waals surface area contributed by atoms with E-state index in [0.717, 1.165) is 11.3 Å². The zero-order chi connectivity index (χ0) is 11.3. The molecule has 4 heteroatoms. The highest BCUT2D eigenvalue weighted by Crippen LogP contribution is 2.08. The van der Waals surface area contributed by atoms with E-state index in [0.29, 0.717) is 0 Å². The normalized spacial score (nSPS) is 10.6. The summed E-state index contributed by atoms with van der Waals surface area (Å²) in [7, 11) is 0. The van der Waals surface area contributed by atoms with Gasteiger partial charge in [0.05, 0.1) is 5.69 Å². The highest BCUT2D eigenvalue weighted by Gasteiger charge is 2.02. The average molecular weight is 201 g/mol. The number of nitrogens with zero attached hydrogens (tertiary/aromatic N) is 2. The minimum absolute atomic E-state index is 0.129. The van der Waals surface area contributed by atoms with Crippen molar-refractivity contribution in [1.29, 1.82) is 5.26 Å². The van der Waals surface area contributed by atoms with Crippen molar-refractivity contribution in [3.63, 3.8) is 0 Å². The molecular formula is C11H11N3O. The molecule has 0 heterocycles. The number of ketones is 1. The van der Waals surface area contributed by atoms with Crippen LogP contribution in [0.3, 0.4) is 0 Å². The third-order valence-electron chi connectivity index (χ3n) is 1.79. The molecule has 0 aliphatic heterocycles. The van der Waals surface area contributed by atoms with Gasteiger partial charge < -0.3 is 0 Å². The smallest absolute Gasteiger partial charge is 0.203 e. The van der Waals surface area contributed by atoms with E-state index in [9.17, 15) is 4.79 Å². The van der Waals surface area contributed by atoms with Crippen LogP contribution in [-0.4, -0.2) is 11.5 Å². The zero-order valence-electron chi connectivity index (χ0n) is 8.61. The predicted molar refractivity (Wildman–Crippen MR) is 58.5 cm³/mol. The van der Waals surface area contributed by atoms with Crippen LogP contribution in [0.15, 0.2) is 29.4 Å². The van der Waals surface area contributed by atoms with E-state index in [1.807, 2.05) is 31.2 Å². The Morgan fingerprint density at radius 1 is 1.40 bits per heavy atom. The van der Waals surface area contributed by atoms with Gasteiger partial charge in [-0.1, -0.05) is 17.7 Å². The van der Waals surface area contributed by atoms with E-state index in [1.165, 1.54) is 6.92 Å². The second-order valence-electron chi connectivity index (χ2n) is 3.11. The molecule has 0 fully saturated rings. The molecule has 0 aliphatic carbocycles. The molecule has 1 aromatic rings. The van der Waals surface area contributed by atoms with Crippen molar-refractivity contribution in [2.75, 3.05) is 5.43 Å². The van der Waals surface area contributed by atoms with E-state index < -0.39 is 0 Å². The summed E-state index contributed by atoms with van der Waals surface area (Å²) in [4.78, 5) is 10.9. The van der Waals surface area contributed by atoms with Crippen LogP contribution in [0.1, 0.15) is 12.5 Å². The van der Waals surface area contributed by atoms with Gasteiger partial charge in [0.2, 0.25) is 5.71 Å². The second kappa shape index (κ2) is 4.91. The molecule has 0 unspecified atom stereocenters. The van der Waals surface area contributed by atoms with Gasteiger partial charge in [0.25, 0.3) is 0 Å². The van der Waals surface area contributed by atoms with E-state index in [1.54, 1.807) is 6.07 Å². The SMILES string of the molecule is CC(=O)C(C#N)=NNc1ccc(C)cc1. The quantitative estimate of drug-likeness (QED) is 0.599. The van der Waals surface area contributed by atoms with Crippen LogP contribution in [0, 0.1) is 18.3 Å². The summed E-state index contributed by atoms with van der Waals surface area (Å²) in [5.41, 5.74) is 4.40. The summed E-state index contributed by atoms with van der Waals surface area (Å²) in [5, 5.41) is 12.3. The maximum Gasteiger partial charge on any atom is 0.203 e. The highest BCUT2D eigenvalue weighted by molar-refractivity contribution is 6.45. The summed E-state index contributed by atoms with van der Waals surface area (Å²) in [5.74, 6) is -0.350. The monoisotopic (exact) mass is 201 g/mol. The van der Waals surface area contributed by atoms with E-state index >= 15 is 0 Å². The summed E-state index contributed by atoms with van der Waals surface area (Å²) in [6.07, 6.45) is 0. The second-order valence-corrected chi connectivity index (χ2v) is 3.11. The van der Waals surface area contributed by atoms with Crippen LogP contribution in [0.5, 0.6) is 0 Å². The largest absolute Gasteiger partial charge is 0.292 e. The lowest BCUT2D eigenvalue weighted by atomic mass is 10.2. The Balaban J connectivity index is 2.76. The summed E-state index contributed by atoms with van der Waals surface area (Å²) < 4.78 is 0. The lowest BCUT2D eigenvalue weighted by molar-refractivity contribution is -0.110. The number of nitriles is 1. The van der Waals surface area contributed by atoms with Crippen LogP contribution in [0.4, 0.5) is 5.69 Å². The van der Waals surface area contributed by atoms with Crippen molar-refractivity contribution in [3.8, 4) is 6.07 Å². The molecule has 0 amide bonds. The molecule has 0 aliphatic rings. The number of hydrogen-bond donors (Lipinski definition) is 1. The number of benzene rings is 1. The van der Waals surface area contributed by atoms with Gasteiger partial charge in [-0.25, -0.2) is 0 Å². The molecule has 0 saturated carbocycles. The lowest BCUT2D eigenvalue weighted by Gasteiger charge is -2.00. The molecule has 0 radical (unpaired) electrons. The maximum atomic E-state index is 10.9. The Kier molecular flexibility index (Phi) is 3.58. The Morgan fingerprint density at radius 3 is 2.47 bits per heavy atom. The Labute approximate surface area is 88.2 Å². The number of carbonyl (C=O) groups excluding carboxylic acids is 1. The molecule has 76 valence electrons. The van der Waals surface area contributed by atoms with Gasteiger partial charge in [-0.05, 0) is 19.1 Å². The molecule has 15 heavy (non-hydrogen) atoms. The molecule has 0 aromatic heterocycles. The third-order valence-corrected chi connectivity index (χ3v) is 1.79. The minimum atomic E-state index is -0.350. The molecule has 0 spiro atoms. The van der Waals surface area contributed by atoms with Crippen LogP contribution in [0.25, 0.3) is 0 Å². The van der Waals surface area contributed by atoms with Crippen LogP contribution in [0.2, 0.25) is 0 Å². The molecule has 1 N–H and O–H groups in total. The van der Waals surface area contributed by atoms with Crippen molar-refractivity contribution in [2.24, 2.45) is 5.10 Å². The number of hydrazone groups is 1. The van der Waals surface area contributed by atoms with Gasteiger partial charge >= 0.3 is 0 Å².